The summed E-state index contributed by atoms with van der Waals surface area (Å²) < 4.78 is 15.6. The summed E-state index contributed by atoms with van der Waals surface area (Å²) in [6, 6.07) is 0. The summed E-state index contributed by atoms with van der Waals surface area (Å²) in [6.07, 6.45) is 0.994. The average Bonchev–Trinajstić information content (AvgIpc) is 2.48. The third-order valence-corrected chi connectivity index (χ3v) is 3.27. The van der Waals surface area contributed by atoms with Crippen molar-refractivity contribution >= 4 is 11.9 Å². The number of hydrogen-bond acceptors (Lipinski definition) is 5. The summed E-state index contributed by atoms with van der Waals surface area (Å²) in [6.45, 7) is 7.33. The first-order valence-corrected chi connectivity index (χ1v) is 6.21. The second kappa shape index (κ2) is 5.26. The third kappa shape index (κ3) is 3.02. The van der Waals surface area contributed by atoms with Crippen molar-refractivity contribution in [1.29, 1.82) is 0 Å². The highest BCUT2D eigenvalue weighted by Gasteiger charge is 2.54. The number of carbonyl (C=O) groups excluding carboxylic acids is 2. The van der Waals surface area contributed by atoms with Gasteiger partial charge in [-0.25, -0.2) is 4.79 Å². The van der Waals surface area contributed by atoms with E-state index in [1.807, 2.05) is 6.92 Å². The molecule has 0 saturated carbocycles. The SMILES string of the molecule is CCC(C)C(=O)OC1(C)CC(C)(COC)OC1=O. The first-order valence-electron chi connectivity index (χ1n) is 6.21. The van der Waals surface area contributed by atoms with Gasteiger partial charge in [-0.05, 0) is 20.3 Å². The van der Waals surface area contributed by atoms with E-state index in [4.69, 9.17) is 14.2 Å². The Labute approximate surface area is 108 Å². The number of esters is 2. The van der Waals surface area contributed by atoms with Crippen LogP contribution in [0.5, 0.6) is 0 Å². The molecule has 0 N–H and O–H groups in total. The fraction of sp³-hybridized carbons (Fsp3) is 0.846. The molecule has 0 aromatic heterocycles. The molecule has 5 heteroatoms. The lowest BCUT2D eigenvalue weighted by atomic mass is 9.93. The van der Waals surface area contributed by atoms with Gasteiger partial charge in [0, 0.05) is 13.5 Å². The zero-order valence-electron chi connectivity index (χ0n) is 11.7. The summed E-state index contributed by atoms with van der Waals surface area (Å²) in [5, 5.41) is 0. The van der Waals surface area contributed by atoms with E-state index in [2.05, 4.69) is 0 Å². The zero-order chi connectivity index (χ0) is 14.0. The Hall–Kier alpha value is -1.10. The summed E-state index contributed by atoms with van der Waals surface area (Å²) in [5.74, 6) is -1.08. The van der Waals surface area contributed by atoms with Crippen LogP contribution in [0.3, 0.4) is 0 Å². The monoisotopic (exact) mass is 258 g/mol. The standard InChI is InChI=1S/C13H22O5/c1-6-9(2)10(14)17-13(4)7-12(3,8-16-5)18-11(13)15/h9H,6-8H2,1-5H3. The Kier molecular flexibility index (Phi) is 4.37. The van der Waals surface area contributed by atoms with Gasteiger partial charge in [-0.15, -0.1) is 0 Å². The van der Waals surface area contributed by atoms with Crippen LogP contribution in [-0.2, 0) is 23.8 Å². The second-order valence-electron chi connectivity index (χ2n) is 5.41. The number of hydrogen-bond donors (Lipinski definition) is 0. The Morgan fingerprint density at radius 2 is 2.11 bits per heavy atom. The molecule has 1 heterocycles. The predicted octanol–water partition coefficient (Wildman–Crippen LogP) is 1.69. The summed E-state index contributed by atoms with van der Waals surface area (Å²) in [5.41, 5.74) is -1.93. The largest absolute Gasteiger partial charge is 0.454 e. The van der Waals surface area contributed by atoms with Gasteiger partial charge in [0.25, 0.3) is 0 Å². The molecule has 1 aliphatic heterocycles. The van der Waals surface area contributed by atoms with E-state index in [-0.39, 0.29) is 18.5 Å². The van der Waals surface area contributed by atoms with Crippen molar-refractivity contribution in [2.45, 2.75) is 51.7 Å². The van der Waals surface area contributed by atoms with Gasteiger partial charge in [0.05, 0.1) is 12.5 Å². The highest BCUT2D eigenvalue weighted by Crippen LogP contribution is 2.37. The third-order valence-electron chi connectivity index (χ3n) is 3.27. The van der Waals surface area contributed by atoms with Crippen molar-refractivity contribution in [3.8, 4) is 0 Å². The maximum absolute atomic E-state index is 11.9. The van der Waals surface area contributed by atoms with Gasteiger partial charge in [-0.3, -0.25) is 4.79 Å². The molecule has 3 atom stereocenters. The van der Waals surface area contributed by atoms with E-state index in [1.165, 1.54) is 0 Å². The number of ether oxygens (including phenoxy) is 3. The van der Waals surface area contributed by atoms with Crippen molar-refractivity contribution < 1.29 is 23.8 Å². The average molecular weight is 258 g/mol. The van der Waals surface area contributed by atoms with Crippen LogP contribution >= 0.6 is 0 Å². The molecule has 3 unspecified atom stereocenters. The maximum atomic E-state index is 11.9. The van der Waals surface area contributed by atoms with Gasteiger partial charge in [-0.1, -0.05) is 13.8 Å². The molecule has 0 bridgehead atoms. The maximum Gasteiger partial charge on any atom is 0.351 e. The van der Waals surface area contributed by atoms with Gasteiger partial charge in [-0.2, -0.15) is 0 Å². The molecule has 0 spiro atoms. The zero-order valence-corrected chi connectivity index (χ0v) is 11.7. The fourth-order valence-corrected chi connectivity index (χ4v) is 2.11. The highest BCUT2D eigenvalue weighted by molar-refractivity contribution is 5.85. The van der Waals surface area contributed by atoms with Crippen molar-refractivity contribution in [1.82, 2.24) is 0 Å². The molecule has 0 radical (unpaired) electrons. The predicted molar refractivity (Wildman–Crippen MR) is 64.9 cm³/mol. The van der Waals surface area contributed by atoms with Crippen molar-refractivity contribution in [2.24, 2.45) is 5.92 Å². The van der Waals surface area contributed by atoms with Crippen molar-refractivity contribution in [3.05, 3.63) is 0 Å². The molecular formula is C13H22O5. The van der Waals surface area contributed by atoms with E-state index >= 15 is 0 Å². The molecule has 0 amide bonds. The van der Waals surface area contributed by atoms with Gasteiger partial charge in [0.1, 0.15) is 5.60 Å². The highest BCUT2D eigenvalue weighted by atomic mass is 16.6. The lowest BCUT2D eigenvalue weighted by molar-refractivity contribution is -0.175. The first-order chi connectivity index (χ1) is 8.26. The lowest BCUT2D eigenvalue weighted by Gasteiger charge is -2.24. The minimum atomic E-state index is -1.20. The number of rotatable bonds is 5. The molecule has 104 valence electrons. The number of carbonyl (C=O) groups is 2. The van der Waals surface area contributed by atoms with Crippen LogP contribution in [-0.4, -0.2) is 36.9 Å². The van der Waals surface area contributed by atoms with Crippen LogP contribution in [0.4, 0.5) is 0 Å². The fourth-order valence-electron chi connectivity index (χ4n) is 2.11. The van der Waals surface area contributed by atoms with E-state index in [1.54, 1.807) is 27.9 Å². The Morgan fingerprint density at radius 1 is 1.50 bits per heavy atom. The molecule has 5 nitrogen and oxygen atoms in total. The minimum Gasteiger partial charge on any atom is -0.454 e. The molecule has 1 rings (SSSR count). The Bertz CT molecular complexity index is 340. The molecule has 1 fully saturated rings. The van der Waals surface area contributed by atoms with Crippen molar-refractivity contribution in [3.63, 3.8) is 0 Å². The molecule has 0 aromatic carbocycles. The van der Waals surface area contributed by atoms with Crippen LogP contribution in [0, 0.1) is 5.92 Å². The molecule has 18 heavy (non-hydrogen) atoms. The van der Waals surface area contributed by atoms with Crippen LogP contribution in [0.25, 0.3) is 0 Å². The van der Waals surface area contributed by atoms with Gasteiger partial charge >= 0.3 is 11.9 Å². The number of cyclic esters (lactones) is 1. The molecule has 1 saturated heterocycles. The van der Waals surface area contributed by atoms with Crippen LogP contribution in [0.15, 0.2) is 0 Å². The number of methoxy groups -OCH3 is 1. The smallest absolute Gasteiger partial charge is 0.351 e. The summed E-state index contributed by atoms with van der Waals surface area (Å²) in [4.78, 5) is 23.7. The van der Waals surface area contributed by atoms with E-state index in [0.717, 1.165) is 0 Å². The Balaban J connectivity index is 2.76. The van der Waals surface area contributed by atoms with Gasteiger partial charge in [0.2, 0.25) is 5.60 Å². The lowest BCUT2D eigenvalue weighted by Crippen LogP contribution is -2.39. The quantitative estimate of drug-likeness (QED) is 0.702. The topological polar surface area (TPSA) is 61.8 Å². The Morgan fingerprint density at radius 3 is 2.61 bits per heavy atom. The van der Waals surface area contributed by atoms with Gasteiger partial charge in [0.15, 0.2) is 0 Å². The first kappa shape index (κ1) is 15.0. The minimum absolute atomic E-state index is 0.219. The molecular weight excluding hydrogens is 236 g/mol. The molecule has 0 aromatic rings. The molecule has 0 aliphatic carbocycles. The van der Waals surface area contributed by atoms with E-state index in [9.17, 15) is 9.59 Å². The molecule has 1 aliphatic rings. The van der Waals surface area contributed by atoms with E-state index < -0.39 is 17.2 Å². The van der Waals surface area contributed by atoms with Crippen LogP contribution in [0.1, 0.15) is 40.5 Å². The second-order valence-corrected chi connectivity index (χ2v) is 5.41. The summed E-state index contributed by atoms with van der Waals surface area (Å²) >= 11 is 0. The van der Waals surface area contributed by atoms with Gasteiger partial charge < -0.3 is 14.2 Å². The van der Waals surface area contributed by atoms with Crippen molar-refractivity contribution in [2.75, 3.05) is 13.7 Å². The normalized spacial score (nSPS) is 33.1. The van der Waals surface area contributed by atoms with Crippen LogP contribution < -0.4 is 0 Å². The van der Waals surface area contributed by atoms with Crippen LogP contribution in [0.2, 0.25) is 0 Å². The van der Waals surface area contributed by atoms with E-state index in [0.29, 0.717) is 12.8 Å². The summed E-state index contributed by atoms with van der Waals surface area (Å²) in [7, 11) is 1.54.